The van der Waals surface area contributed by atoms with E-state index in [4.69, 9.17) is 12.2 Å². The third-order valence-corrected chi connectivity index (χ3v) is 4.71. The van der Waals surface area contributed by atoms with Crippen molar-refractivity contribution in [2.45, 2.75) is 32.7 Å². The molecule has 0 fully saturated rings. The van der Waals surface area contributed by atoms with Crippen LogP contribution in [-0.2, 0) is 23.0 Å². The zero-order valence-corrected chi connectivity index (χ0v) is 16.7. The zero-order valence-electron chi connectivity index (χ0n) is 15.0. The van der Waals surface area contributed by atoms with E-state index in [0.29, 0.717) is 29.4 Å². The van der Waals surface area contributed by atoms with Gasteiger partial charge in [0.15, 0.2) is 0 Å². The normalized spacial score (nSPS) is 11.4. The smallest absolute Gasteiger partial charge is 0.229 e. The minimum Gasteiger partial charge on any atom is -0.375 e. The molecular weight excluding hydrogens is 371 g/mol. The van der Waals surface area contributed by atoms with Crippen LogP contribution in [0.15, 0.2) is 42.5 Å². The molecule has 4 nitrogen and oxygen atoms in total. The fraction of sp³-hybridized carbons (Fsp3) is 0.316. The molecule has 2 aromatic rings. The first-order valence-electron chi connectivity index (χ1n) is 8.26. The van der Waals surface area contributed by atoms with Crippen molar-refractivity contribution >= 4 is 32.9 Å². The predicted molar refractivity (Wildman–Crippen MR) is 109 cm³/mol. The molecule has 2 rings (SSSR count). The largest absolute Gasteiger partial charge is 0.375 e. The first kappa shape index (κ1) is 20.3. The molecule has 2 aromatic carbocycles. The topological polar surface area (TPSA) is 58.2 Å². The standard InChI is InChI=1S/C19H23FN2O2S2/c1-13(2)16-7-4-14(5-8-16)11-19(25)21-12-15-6-9-18(17(20)10-15)22-26(3,23)24/h4-10,13,22H,11-12H2,1-3H3,(H,21,25). The van der Waals surface area contributed by atoms with E-state index in [2.05, 4.69) is 48.2 Å². The van der Waals surface area contributed by atoms with Gasteiger partial charge in [0.25, 0.3) is 0 Å². The highest BCUT2D eigenvalue weighted by Crippen LogP contribution is 2.17. The number of nitrogens with one attached hydrogen (secondary N) is 2. The van der Waals surface area contributed by atoms with Crippen molar-refractivity contribution in [1.82, 2.24) is 5.32 Å². The number of hydrogen-bond acceptors (Lipinski definition) is 3. The molecule has 0 aliphatic carbocycles. The molecule has 2 N–H and O–H groups in total. The molecule has 0 atom stereocenters. The summed E-state index contributed by atoms with van der Waals surface area (Å²) in [6.45, 7) is 4.67. The van der Waals surface area contributed by atoms with E-state index in [1.165, 1.54) is 17.7 Å². The van der Waals surface area contributed by atoms with Crippen molar-refractivity contribution in [2.24, 2.45) is 0 Å². The summed E-state index contributed by atoms with van der Waals surface area (Å²) >= 11 is 5.35. The van der Waals surface area contributed by atoms with Crippen LogP contribution in [0, 0.1) is 5.82 Å². The number of benzene rings is 2. The van der Waals surface area contributed by atoms with Gasteiger partial charge in [-0.2, -0.15) is 0 Å². The maximum Gasteiger partial charge on any atom is 0.229 e. The van der Waals surface area contributed by atoms with Crippen molar-refractivity contribution in [3.8, 4) is 0 Å². The van der Waals surface area contributed by atoms with Crippen LogP contribution < -0.4 is 10.0 Å². The molecule has 0 radical (unpaired) electrons. The third kappa shape index (κ3) is 6.38. The number of sulfonamides is 1. The first-order valence-corrected chi connectivity index (χ1v) is 10.6. The van der Waals surface area contributed by atoms with Gasteiger partial charge in [0.2, 0.25) is 10.0 Å². The lowest BCUT2D eigenvalue weighted by Gasteiger charge is -2.11. The van der Waals surface area contributed by atoms with Crippen LogP contribution in [0.2, 0.25) is 0 Å². The van der Waals surface area contributed by atoms with Crippen LogP contribution in [0.1, 0.15) is 36.5 Å². The van der Waals surface area contributed by atoms with Crippen LogP contribution in [-0.4, -0.2) is 19.7 Å². The highest BCUT2D eigenvalue weighted by atomic mass is 32.2. The third-order valence-electron chi connectivity index (χ3n) is 3.83. The molecule has 0 aliphatic heterocycles. The van der Waals surface area contributed by atoms with E-state index in [9.17, 15) is 12.8 Å². The summed E-state index contributed by atoms with van der Waals surface area (Å²) in [6.07, 6.45) is 1.60. The predicted octanol–water partition coefficient (Wildman–Crippen LogP) is 3.98. The van der Waals surface area contributed by atoms with Gasteiger partial charge in [-0.05, 0) is 34.7 Å². The minimum atomic E-state index is -3.51. The maximum atomic E-state index is 14.0. The Kier molecular flexibility index (Phi) is 6.72. The number of rotatable bonds is 7. The SMILES string of the molecule is CC(C)c1ccc(CC(=S)NCc2ccc(NS(C)(=O)=O)c(F)c2)cc1. The molecular formula is C19H23FN2O2S2. The Bertz CT molecular complexity index is 879. The van der Waals surface area contributed by atoms with E-state index in [1.807, 2.05) is 0 Å². The first-order chi connectivity index (χ1) is 12.1. The van der Waals surface area contributed by atoms with Gasteiger partial charge >= 0.3 is 0 Å². The molecule has 0 bridgehead atoms. The van der Waals surface area contributed by atoms with Crippen molar-refractivity contribution in [3.05, 3.63) is 65.0 Å². The summed E-state index contributed by atoms with van der Waals surface area (Å²) in [6, 6.07) is 12.7. The summed E-state index contributed by atoms with van der Waals surface area (Å²) in [5.74, 6) is -0.130. The minimum absolute atomic E-state index is 0.0657. The van der Waals surface area contributed by atoms with Crippen LogP contribution in [0.4, 0.5) is 10.1 Å². The average Bonchev–Trinajstić information content (AvgIpc) is 2.54. The fourth-order valence-electron chi connectivity index (χ4n) is 2.42. The second-order valence-corrected chi connectivity index (χ2v) is 8.78. The molecule has 7 heteroatoms. The Morgan fingerprint density at radius 1 is 1.12 bits per heavy atom. The number of hydrogen-bond donors (Lipinski definition) is 2. The Morgan fingerprint density at radius 3 is 2.27 bits per heavy atom. The Hall–Kier alpha value is -1.99. The van der Waals surface area contributed by atoms with Crippen molar-refractivity contribution in [1.29, 1.82) is 0 Å². The monoisotopic (exact) mass is 394 g/mol. The lowest BCUT2D eigenvalue weighted by molar-refractivity contribution is 0.603. The summed E-state index contributed by atoms with van der Waals surface area (Å²) in [5, 5.41) is 3.11. The maximum absolute atomic E-state index is 14.0. The summed E-state index contributed by atoms with van der Waals surface area (Å²) in [5.41, 5.74) is 3.01. The van der Waals surface area contributed by atoms with E-state index in [-0.39, 0.29) is 5.69 Å². The average molecular weight is 395 g/mol. The van der Waals surface area contributed by atoms with Crippen LogP contribution in [0.25, 0.3) is 0 Å². The van der Waals surface area contributed by atoms with Crippen LogP contribution >= 0.6 is 12.2 Å². The number of thiocarbonyl (C=S) groups is 1. The molecule has 0 spiro atoms. The van der Waals surface area contributed by atoms with Crippen LogP contribution in [0.3, 0.4) is 0 Å². The second kappa shape index (κ2) is 8.60. The van der Waals surface area contributed by atoms with Crippen molar-refractivity contribution in [3.63, 3.8) is 0 Å². The van der Waals surface area contributed by atoms with Gasteiger partial charge in [-0.15, -0.1) is 0 Å². The molecule has 0 amide bonds. The molecule has 26 heavy (non-hydrogen) atoms. The number of anilines is 1. The number of halogens is 1. The van der Waals surface area contributed by atoms with Crippen LogP contribution in [0.5, 0.6) is 0 Å². The zero-order chi connectivity index (χ0) is 19.3. The van der Waals surface area contributed by atoms with Gasteiger partial charge in [0.1, 0.15) is 5.82 Å². The lowest BCUT2D eigenvalue weighted by Crippen LogP contribution is -2.22. The van der Waals surface area contributed by atoms with Gasteiger partial charge in [0, 0.05) is 13.0 Å². The Balaban J connectivity index is 1.91. The summed E-state index contributed by atoms with van der Waals surface area (Å²) in [4.78, 5) is 0.668. The van der Waals surface area contributed by atoms with Crippen molar-refractivity contribution < 1.29 is 12.8 Å². The summed E-state index contributed by atoms with van der Waals surface area (Å²) < 4.78 is 38.5. The van der Waals surface area contributed by atoms with E-state index in [1.54, 1.807) is 6.07 Å². The lowest BCUT2D eigenvalue weighted by atomic mass is 10.0. The molecule has 0 saturated heterocycles. The molecule has 0 aromatic heterocycles. The van der Waals surface area contributed by atoms with Gasteiger partial charge in [-0.25, -0.2) is 12.8 Å². The Morgan fingerprint density at radius 2 is 1.73 bits per heavy atom. The molecule has 140 valence electrons. The fourth-order valence-corrected chi connectivity index (χ4v) is 3.22. The van der Waals surface area contributed by atoms with Gasteiger partial charge in [-0.3, -0.25) is 4.72 Å². The highest BCUT2D eigenvalue weighted by molar-refractivity contribution is 7.92. The van der Waals surface area contributed by atoms with Gasteiger partial charge < -0.3 is 5.32 Å². The van der Waals surface area contributed by atoms with E-state index >= 15 is 0 Å². The van der Waals surface area contributed by atoms with Crippen molar-refractivity contribution in [2.75, 3.05) is 11.0 Å². The highest BCUT2D eigenvalue weighted by Gasteiger charge is 2.09. The quantitative estimate of drug-likeness (QED) is 0.698. The molecule has 0 saturated carbocycles. The molecule has 0 aliphatic rings. The van der Waals surface area contributed by atoms with E-state index < -0.39 is 15.8 Å². The molecule has 0 heterocycles. The Labute approximate surface area is 159 Å². The van der Waals surface area contributed by atoms with Gasteiger partial charge in [-0.1, -0.05) is 56.4 Å². The summed E-state index contributed by atoms with van der Waals surface area (Å²) in [7, 11) is -3.51. The molecule has 0 unspecified atom stereocenters. The van der Waals surface area contributed by atoms with E-state index in [0.717, 1.165) is 11.8 Å². The second-order valence-electron chi connectivity index (χ2n) is 6.54. The van der Waals surface area contributed by atoms with Gasteiger partial charge in [0.05, 0.1) is 16.9 Å².